The van der Waals surface area contributed by atoms with Gasteiger partial charge in [-0.2, -0.15) is 5.10 Å². The van der Waals surface area contributed by atoms with Crippen molar-refractivity contribution in [3.63, 3.8) is 0 Å². The van der Waals surface area contributed by atoms with Gasteiger partial charge in [0.15, 0.2) is 0 Å². The van der Waals surface area contributed by atoms with Gasteiger partial charge in [0.1, 0.15) is 4.88 Å². The van der Waals surface area contributed by atoms with Crippen LogP contribution in [0.3, 0.4) is 0 Å². The number of thiazole rings is 1. The van der Waals surface area contributed by atoms with E-state index >= 15 is 0 Å². The van der Waals surface area contributed by atoms with Crippen LogP contribution in [0.5, 0.6) is 0 Å². The van der Waals surface area contributed by atoms with Gasteiger partial charge in [-0.25, -0.2) is 4.98 Å². The third-order valence-electron chi connectivity index (χ3n) is 5.68. The van der Waals surface area contributed by atoms with E-state index in [0.717, 1.165) is 73.3 Å². The van der Waals surface area contributed by atoms with Crippen LogP contribution >= 0.6 is 11.3 Å². The van der Waals surface area contributed by atoms with Crippen molar-refractivity contribution in [2.45, 2.75) is 65.8 Å². The second-order valence-electron chi connectivity index (χ2n) is 7.66. The second-order valence-corrected chi connectivity index (χ2v) is 8.86. The summed E-state index contributed by atoms with van der Waals surface area (Å²) < 4.78 is 7.81. The first kappa shape index (κ1) is 19.5. The molecule has 0 saturated carbocycles. The van der Waals surface area contributed by atoms with Crippen LogP contribution < -0.4 is 5.32 Å². The molecule has 1 amide bonds. The van der Waals surface area contributed by atoms with Crippen molar-refractivity contribution in [2.75, 3.05) is 19.7 Å². The molecule has 0 radical (unpaired) electrons. The monoisotopic (exact) mass is 403 g/mol. The average Bonchev–Trinajstić information content (AvgIpc) is 3.22. The Kier molecular flexibility index (Phi) is 5.80. The molecule has 4 heterocycles. The number of hydrogen-bond donors (Lipinski definition) is 1. The Morgan fingerprint density at radius 3 is 2.79 bits per heavy atom. The molecule has 2 aliphatic rings. The van der Waals surface area contributed by atoms with Gasteiger partial charge in [0.2, 0.25) is 0 Å². The van der Waals surface area contributed by atoms with E-state index in [1.54, 1.807) is 0 Å². The third kappa shape index (κ3) is 3.99. The van der Waals surface area contributed by atoms with Crippen LogP contribution in [0.1, 0.15) is 57.1 Å². The number of carbonyl (C=O) groups excluding carboxylic acids is 1. The number of aromatic nitrogens is 3. The molecular weight excluding hydrogens is 374 g/mol. The number of aryl methyl sites for hydroxylation is 3. The smallest absolute Gasteiger partial charge is 0.263 e. The van der Waals surface area contributed by atoms with Crippen LogP contribution in [0.2, 0.25) is 0 Å². The molecule has 0 unspecified atom stereocenters. The van der Waals surface area contributed by atoms with E-state index in [9.17, 15) is 4.79 Å². The van der Waals surface area contributed by atoms with Gasteiger partial charge in [0.05, 0.1) is 29.6 Å². The zero-order valence-corrected chi connectivity index (χ0v) is 17.8. The minimum Gasteiger partial charge on any atom is -0.376 e. The molecule has 28 heavy (non-hydrogen) atoms. The maximum absolute atomic E-state index is 12.5. The van der Waals surface area contributed by atoms with E-state index in [1.807, 2.05) is 13.8 Å². The summed E-state index contributed by atoms with van der Waals surface area (Å²) in [6, 6.07) is 0.232. The van der Waals surface area contributed by atoms with Crippen molar-refractivity contribution >= 4 is 17.2 Å². The molecule has 7 nitrogen and oxygen atoms in total. The number of rotatable bonds is 5. The first-order valence-electron chi connectivity index (χ1n) is 10.2. The van der Waals surface area contributed by atoms with Crippen LogP contribution in [-0.4, -0.2) is 51.3 Å². The molecule has 8 heteroatoms. The lowest BCUT2D eigenvalue weighted by Crippen LogP contribution is -2.44. The second kappa shape index (κ2) is 8.31. The zero-order valence-electron chi connectivity index (χ0n) is 17.0. The molecule has 0 atom stereocenters. The molecule has 0 spiro atoms. The SMILES string of the molecule is CCn1nc(CN2CCC(NC(=O)c3sc(C)nc3C)CC2)c2c1CCOC2. The number of hydrogen-bond acceptors (Lipinski definition) is 6. The fourth-order valence-corrected chi connectivity index (χ4v) is 5.03. The molecule has 152 valence electrons. The minimum absolute atomic E-state index is 0.0226. The summed E-state index contributed by atoms with van der Waals surface area (Å²) in [6.45, 7) is 11.2. The first-order chi connectivity index (χ1) is 13.5. The number of piperidine rings is 1. The van der Waals surface area contributed by atoms with Crippen LogP contribution in [0, 0.1) is 13.8 Å². The fraction of sp³-hybridized carbons (Fsp3) is 0.650. The molecular formula is C20H29N5O2S. The van der Waals surface area contributed by atoms with Gasteiger partial charge in [0, 0.05) is 49.9 Å². The van der Waals surface area contributed by atoms with Crippen molar-refractivity contribution in [3.05, 3.63) is 32.5 Å². The Morgan fingerprint density at radius 1 is 1.32 bits per heavy atom. The molecule has 4 rings (SSSR count). The highest BCUT2D eigenvalue weighted by molar-refractivity contribution is 7.13. The lowest BCUT2D eigenvalue weighted by atomic mass is 10.0. The van der Waals surface area contributed by atoms with Crippen LogP contribution in [0.25, 0.3) is 0 Å². The summed E-state index contributed by atoms with van der Waals surface area (Å²) in [5, 5.41) is 8.99. The van der Waals surface area contributed by atoms with Gasteiger partial charge in [-0.1, -0.05) is 0 Å². The number of nitrogens with zero attached hydrogens (tertiary/aromatic N) is 4. The Morgan fingerprint density at radius 2 is 2.11 bits per heavy atom. The van der Waals surface area contributed by atoms with Gasteiger partial charge >= 0.3 is 0 Å². The molecule has 1 fully saturated rings. The summed E-state index contributed by atoms with van der Waals surface area (Å²) in [6.07, 6.45) is 2.90. The maximum Gasteiger partial charge on any atom is 0.263 e. The van der Waals surface area contributed by atoms with Gasteiger partial charge < -0.3 is 10.1 Å². The molecule has 0 aliphatic carbocycles. The summed E-state index contributed by atoms with van der Waals surface area (Å²) in [4.78, 5) is 20.1. The van der Waals surface area contributed by atoms with E-state index < -0.39 is 0 Å². The van der Waals surface area contributed by atoms with Crippen LogP contribution in [0.4, 0.5) is 0 Å². The molecule has 2 aliphatic heterocycles. The minimum atomic E-state index is 0.0226. The van der Waals surface area contributed by atoms with E-state index in [1.165, 1.54) is 22.6 Å². The van der Waals surface area contributed by atoms with Crippen molar-refractivity contribution in [3.8, 4) is 0 Å². The standard InChI is InChI=1S/C20H29N5O2S/c1-4-25-18-7-10-27-12-16(18)17(23-25)11-24-8-5-15(6-9-24)22-20(26)19-13(2)21-14(3)28-19/h15H,4-12H2,1-3H3,(H,22,26). The van der Waals surface area contributed by atoms with Crippen molar-refractivity contribution in [1.82, 2.24) is 25.0 Å². The van der Waals surface area contributed by atoms with E-state index in [-0.39, 0.29) is 11.9 Å². The van der Waals surface area contributed by atoms with Crippen molar-refractivity contribution < 1.29 is 9.53 Å². The molecule has 2 aromatic heterocycles. The largest absolute Gasteiger partial charge is 0.376 e. The maximum atomic E-state index is 12.5. The molecule has 0 aromatic carbocycles. The Labute approximate surface area is 170 Å². The quantitative estimate of drug-likeness (QED) is 0.830. The van der Waals surface area contributed by atoms with Gasteiger partial charge in [-0.15, -0.1) is 11.3 Å². The molecule has 2 aromatic rings. The summed E-state index contributed by atoms with van der Waals surface area (Å²) in [7, 11) is 0. The predicted octanol–water partition coefficient (Wildman–Crippen LogP) is 2.44. The van der Waals surface area contributed by atoms with Crippen molar-refractivity contribution in [1.29, 1.82) is 0 Å². The average molecular weight is 404 g/mol. The van der Waals surface area contributed by atoms with E-state index in [2.05, 4.69) is 26.8 Å². The third-order valence-corrected chi connectivity index (χ3v) is 6.76. The highest BCUT2D eigenvalue weighted by Gasteiger charge is 2.26. The molecule has 0 bridgehead atoms. The number of nitrogens with one attached hydrogen (secondary N) is 1. The van der Waals surface area contributed by atoms with E-state index in [0.29, 0.717) is 6.61 Å². The van der Waals surface area contributed by atoms with E-state index in [4.69, 9.17) is 9.84 Å². The summed E-state index contributed by atoms with van der Waals surface area (Å²) in [5.41, 5.74) is 4.63. The van der Waals surface area contributed by atoms with Crippen LogP contribution in [-0.2, 0) is 30.9 Å². The zero-order chi connectivity index (χ0) is 19.7. The molecule has 1 N–H and O–H groups in total. The highest BCUT2D eigenvalue weighted by Crippen LogP contribution is 2.24. The van der Waals surface area contributed by atoms with Gasteiger partial charge in [-0.05, 0) is 33.6 Å². The first-order valence-corrected chi connectivity index (χ1v) is 11.0. The Balaban J connectivity index is 1.33. The number of carbonyl (C=O) groups is 1. The summed E-state index contributed by atoms with van der Waals surface area (Å²) >= 11 is 1.47. The number of likely N-dealkylation sites (tertiary alicyclic amines) is 1. The summed E-state index contributed by atoms with van der Waals surface area (Å²) in [5.74, 6) is 0.0226. The Bertz CT molecular complexity index is 851. The van der Waals surface area contributed by atoms with Gasteiger partial charge in [-0.3, -0.25) is 14.4 Å². The lowest BCUT2D eigenvalue weighted by molar-refractivity contribution is 0.0909. The topological polar surface area (TPSA) is 72.3 Å². The fourth-order valence-electron chi connectivity index (χ4n) is 4.21. The number of fused-ring (bicyclic) bond motifs is 1. The number of ether oxygens (including phenoxy) is 1. The van der Waals surface area contributed by atoms with Crippen LogP contribution in [0.15, 0.2) is 0 Å². The normalized spacial score (nSPS) is 18.2. The Hall–Kier alpha value is -1.77. The molecule has 1 saturated heterocycles. The van der Waals surface area contributed by atoms with Crippen molar-refractivity contribution in [2.24, 2.45) is 0 Å². The number of amides is 1. The lowest BCUT2D eigenvalue weighted by Gasteiger charge is -2.32. The highest BCUT2D eigenvalue weighted by atomic mass is 32.1. The van der Waals surface area contributed by atoms with Gasteiger partial charge in [0.25, 0.3) is 5.91 Å². The predicted molar refractivity (Wildman–Crippen MR) is 109 cm³/mol.